The number of benzene rings is 1. The Bertz CT molecular complexity index is 319. The molecular formula is C10H13NO3S2. The van der Waals surface area contributed by atoms with Crippen LogP contribution in [0.3, 0.4) is 0 Å². The highest BCUT2D eigenvalue weighted by Crippen LogP contribution is 2.29. The summed E-state index contributed by atoms with van der Waals surface area (Å²) in [6.07, 6.45) is 0.729. The first-order valence-corrected chi connectivity index (χ1v) is 6.83. The average Bonchev–Trinajstić information content (AvgIpc) is 2.28. The first-order chi connectivity index (χ1) is 7.64. The Morgan fingerprint density at radius 2 is 2.00 bits per heavy atom. The molecule has 0 aliphatic carbocycles. The molecule has 0 saturated carbocycles. The van der Waals surface area contributed by atoms with Crippen molar-refractivity contribution in [3.8, 4) is 0 Å². The zero-order valence-electron chi connectivity index (χ0n) is 8.50. The minimum absolute atomic E-state index is 0.0289. The van der Waals surface area contributed by atoms with Crippen LogP contribution in [0.1, 0.15) is 12.8 Å². The number of rotatable bonds is 7. The van der Waals surface area contributed by atoms with Gasteiger partial charge in [-0.2, -0.15) is 0 Å². The number of carbonyl (C=O) groups excluding carboxylic acids is 1. The summed E-state index contributed by atoms with van der Waals surface area (Å²) in [5.74, 6) is -2.01. The molecule has 1 rings (SSSR count). The predicted octanol–water partition coefficient (Wildman–Crippen LogP) is 1.55. The molecule has 0 amide bonds. The summed E-state index contributed by atoms with van der Waals surface area (Å²) in [4.78, 5) is 11.1. The molecule has 88 valence electrons. The van der Waals surface area contributed by atoms with Gasteiger partial charge in [-0.15, -0.1) is 0 Å². The second-order valence-corrected chi connectivity index (χ2v) is 5.11. The number of hydrogen-bond donors (Lipinski definition) is 3. The minimum Gasteiger partial charge on any atom is -0.353 e. The summed E-state index contributed by atoms with van der Waals surface area (Å²) >= 11 is 0. The van der Waals surface area contributed by atoms with Crippen LogP contribution in [0.25, 0.3) is 0 Å². The Labute approximate surface area is 102 Å². The number of aliphatic hydroxyl groups is 2. The fourth-order valence-corrected chi connectivity index (χ4v) is 2.71. The van der Waals surface area contributed by atoms with Crippen molar-refractivity contribution in [3.63, 3.8) is 0 Å². The van der Waals surface area contributed by atoms with E-state index in [2.05, 4.69) is 4.72 Å². The van der Waals surface area contributed by atoms with Gasteiger partial charge >= 0.3 is 0 Å². The van der Waals surface area contributed by atoms with Crippen molar-refractivity contribution >= 4 is 28.1 Å². The third kappa shape index (κ3) is 5.53. The van der Waals surface area contributed by atoms with Crippen LogP contribution in [0.4, 0.5) is 0 Å². The van der Waals surface area contributed by atoms with Crippen molar-refractivity contribution in [1.29, 1.82) is 0 Å². The third-order valence-electron chi connectivity index (χ3n) is 1.70. The van der Waals surface area contributed by atoms with Gasteiger partial charge in [0.25, 0.3) is 0 Å². The molecule has 4 nitrogen and oxygen atoms in total. The molecule has 0 aromatic heterocycles. The first kappa shape index (κ1) is 13.5. The van der Waals surface area contributed by atoms with Crippen LogP contribution in [0, 0.1) is 0 Å². The van der Waals surface area contributed by atoms with Gasteiger partial charge in [0.1, 0.15) is 6.29 Å². The number of hydrogen-bond acceptors (Lipinski definition) is 6. The maximum atomic E-state index is 10.1. The van der Waals surface area contributed by atoms with E-state index >= 15 is 0 Å². The van der Waals surface area contributed by atoms with E-state index in [0.717, 1.165) is 15.9 Å². The van der Waals surface area contributed by atoms with Crippen molar-refractivity contribution in [3.05, 3.63) is 30.3 Å². The van der Waals surface area contributed by atoms with Crippen LogP contribution < -0.4 is 4.72 Å². The van der Waals surface area contributed by atoms with Crippen molar-refractivity contribution in [2.45, 2.75) is 23.6 Å². The normalized spacial score (nSPS) is 11.4. The molecule has 0 heterocycles. The average molecular weight is 259 g/mol. The Balaban J connectivity index is 2.27. The highest BCUT2D eigenvalue weighted by molar-refractivity contribution is 8.76. The molecule has 1 aromatic carbocycles. The van der Waals surface area contributed by atoms with E-state index in [-0.39, 0.29) is 12.8 Å². The van der Waals surface area contributed by atoms with Gasteiger partial charge in [0.15, 0.2) is 0 Å². The van der Waals surface area contributed by atoms with Gasteiger partial charge in [-0.05, 0) is 33.9 Å². The van der Waals surface area contributed by atoms with Crippen LogP contribution >= 0.6 is 21.8 Å². The Morgan fingerprint density at radius 3 is 2.62 bits per heavy atom. The lowest BCUT2D eigenvalue weighted by Crippen LogP contribution is -2.40. The van der Waals surface area contributed by atoms with Crippen molar-refractivity contribution < 1.29 is 15.0 Å². The van der Waals surface area contributed by atoms with Gasteiger partial charge in [0.2, 0.25) is 5.91 Å². The zero-order valence-corrected chi connectivity index (χ0v) is 10.1. The molecule has 1 aromatic rings. The first-order valence-electron chi connectivity index (χ1n) is 4.68. The van der Waals surface area contributed by atoms with Crippen LogP contribution in [-0.4, -0.2) is 22.4 Å². The Kier molecular flexibility index (Phi) is 5.86. The summed E-state index contributed by atoms with van der Waals surface area (Å²) in [5.41, 5.74) is 0. The van der Waals surface area contributed by atoms with Gasteiger partial charge in [-0.25, -0.2) is 4.72 Å². The molecule has 0 radical (unpaired) electrons. The van der Waals surface area contributed by atoms with Gasteiger partial charge < -0.3 is 15.0 Å². The summed E-state index contributed by atoms with van der Waals surface area (Å²) in [6.45, 7) is 0. The van der Waals surface area contributed by atoms with E-state index in [4.69, 9.17) is 0 Å². The van der Waals surface area contributed by atoms with Crippen LogP contribution in [0.5, 0.6) is 0 Å². The van der Waals surface area contributed by atoms with Crippen LogP contribution in [-0.2, 0) is 4.79 Å². The predicted molar refractivity (Wildman–Crippen MR) is 65.5 cm³/mol. The smallest absolute Gasteiger partial charge is 0.232 e. The number of nitrogens with one attached hydrogen (secondary N) is 1. The standard InChI is InChI=1S/C10H13NO3S2/c12-8-4-7-10(13,14)11-16-15-9-5-2-1-3-6-9/h1-3,5-6,8,11,13-14H,4,7H2. The van der Waals surface area contributed by atoms with Crippen LogP contribution in [0.2, 0.25) is 0 Å². The molecule has 0 aliphatic rings. The van der Waals surface area contributed by atoms with Gasteiger partial charge in [-0.1, -0.05) is 18.2 Å². The fourth-order valence-electron chi connectivity index (χ4n) is 0.923. The lowest BCUT2D eigenvalue weighted by molar-refractivity contribution is -0.172. The van der Waals surface area contributed by atoms with E-state index in [9.17, 15) is 15.0 Å². The second-order valence-electron chi connectivity index (χ2n) is 3.10. The maximum Gasteiger partial charge on any atom is 0.232 e. The number of carbonyl (C=O) groups is 1. The van der Waals surface area contributed by atoms with Crippen molar-refractivity contribution in [2.24, 2.45) is 0 Å². The lowest BCUT2D eigenvalue weighted by Gasteiger charge is -2.20. The fraction of sp³-hybridized carbons (Fsp3) is 0.300. The lowest BCUT2D eigenvalue weighted by atomic mass is 10.3. The zero-order chi connectivity index (χ0) is 11.9. The molecule has 0 saturated heterocycles. The van der Waals surface area contributed by atoms with Gasteiger partial charge in [0.05, 0.1) is 0 Å². The van der Waals surface area contributed by atoms with E-state index in [1.807, 2.05) is 30.3 Å². The Hall–Kier alpha value is -0.530. The highest BCUT2D eigenvalue weighted by atomic mass is 33.1. The summed E-state index contributed by atoms with van der Waals surface area (Å²) in [5, 5.41) is 18.7. The molecule has 3 N–H and O–H groups in total. The molecule has 16 heavy (non-hydrogen) atoms. The van der Waals surface area contributed by atoms with Crippen LogP contribution in [0.15, 0.2) is 35.2 Å². The largest absolute Gasteiger partial charge is 0.353 e. The monoisotopic (exact) mass is 259 g/mol. The second kappa shape index (κ2) is 6.93. The molecular weight excluding hydrogens is 246 g/mol. The van der Waals surface area contributed by atoms with E-state index in [1.54, 1.807) is 0 Å². The SMILES string of the molecule is O=CCCC(O)(O)NSSc1ccccc1. The van der Waals surface area contributed by atoms with E-state index in [0.29, 0.717) is 6.29 Å². The molecule has 0 bridgehead atoms. The minimum atomic E-state index is -2.01. The summed E-state index contributed by atoms with van der Waals surface area (Å²) < 4.78 is 2.47. The molecule has 0 unspecified atom stereocenters. The third-order valence-corrected chi connectivity index (χ3v) is 3.73. The molecule has 0 atom stereocenters. The summed E-state index contributed by atoms with van der Waals surface area (Å²) in [7, 11) is 2.49. The molecule has 6 heteroatoms. The van der Waals surface area contributed by atoms with E-state index < -0.39 is 5.91 Å². The quantitative estimate of drug-likeness (QED) is 0.299. The molecule has 0 spiro atoms. The summed E-state index contributed by atoms with van der Waals surface area (Å²) in [6, 6.07) is 9.55. The molecule has 0 aliphatic heterocycles. The maximum absolute atomic E-state index is 10.1. The van der Waals surface area contributed by atoms with E-state index in [1.165, 1.54) is 10.8 Å². The Morgan fingerprint density at radius 1 is 1.31 bits per heavy atom. The van der Waals surface area contributed by atoms with Gasteiger partial charge in [-0.3, -0.25) is 0 Å². The highest BCUT2D eigenvalue weighted by Gasteiger charge is 2.21. The van der Waals surface area contributed by atoms with Crippen molar-refractivity contribution in [1.82, 2.24) is 4.72 Å². The van der Waals surface area contributed by atoms with Crippen molar-refractivity contribution in [2.75, 3.05) is 0 Å². The number of aldehydes is 1. The molecule has 0 fully saturated rings. The topological polar surface area (TPSA) is 69.6 Å². The van der Waals surface area contributed by atoms with Gasteiger partial charge in [0, 0.05) is 17.7 Å².